The molecule has 0 atom stereocenters. The molecule has 2 nitrogen and oxygen atoms in total. The van der Waals surface area contributed by atoms with E-state index in [-0.39, 0.29) is 17.0 Å². The highest BCUT2D eigenvalue weighted by atomic mass is 16.1. The molecule has 0 radical (unpaired) electrons. The van der Waals surface area contributed by atoms with Crippen LogP contribution >= 0.6 is 0 Å². The molecule has 13 heavy (non-hydrogen) atoms. The standard InChI is InChI=1S/C11H14O2/c1-4-11(2,3)9-7-8(12)5-6-10(9)13/h5-7H,4H2,1-3H3. The van der Waals surface area contributed by atoms with Gasteiger partial charge in [0.05, 0.1) is 0 Å². The second kappa shape index (κ2) is 3.29. The molecule has 0 saturated carbocycles. The van der Waals surface area contributed by atoms with Crippen LogP contribution < -0.4 is 0 Å². The summed E-state index contributed by atoms with van der Waals surface area (Å²) in [7, 11) is 0. The molecule has 0 fully saturated rings. The van der Waals surface area contributed by atoms with Crippen LogP contribution in [0.25, 0.3) is 0 Å². The Morgan fingerprint density at radius 1 is 1.23 bits per heavy atom. The molecule has 0 unspecified atom stereocenters. The third kappa shape index (κ3) is 1.94. The van der Waals surface area contributed by atoms with E-state index in [0.717, 1.165) is 6.42 Å². The lowest BCUT2D eigenvalue weighted by Crippen LogP contribution is -2.22. The Morgan fingerprint density at radius 3 is 2.38 bits per heavy atom. The molecule has 0 heterocycles. The van der Waals surface area contributed by atoms with E-state index in [0.29, 0.717) is 5.57 Å². The first-order valence-corrected chi connectivity index (χ1v) is 4.46. The summed E-state index contributed by atoms with van der Waals surface area (Å²) in [5.41, 5.74) is 0.430. The third-order valence-electron chi connectivity index (χ3n) is 2.56. The molecule has 1 aliphatic rings. The summed E-state index contributed by atoms with van der Waals surface area (Å²) in [6.07, 6.45) is 4.98. The Morgan fingerprint density at radius 2 is 1.85 bits per heavy atom. The first-order chi connectivity index (χ1) is 5.97. The fourth-order valence-corrected chi connectivity index (χ4v) is 1.23. The van der Waals surface area contributed by atoms with Crippen LogP contribution in [0.4, 0.5) is 0 Å². The maximum Gasteiger partial charge on any atom is 0.182 e. The molecule has 0 bridgehead atoms. The van der Waals surface area contributed by atoms with Gasteiger partial charge in [-0.15, -0.1) is 0 Å². The van der Waals surface area contributed by atoms with Gasteiger partial charge in [0.25, 0.3) is 0 Å². The molecule has 1 rings (SSSR count). The Bertz CT molecular complexity index is 306. The molecule has 1 aliphatic carbocycles. The number of carbonyl (C=O) groups is 2. The number of carbonyl (C=O) groups excluding carboxylic acids is 2. The first-order valence-electron chi connectivity index (χ1n) is 4.46. The average molecular weight is 178 g/mol. The van der Waals surface area contributed by atoms with E-state index in [1.807, 2.05) is 20.8 Å². The van der Waals surface area contributed by atoms with E-state index >= 15 is 0 Å². The van der Waals surface area contributed by atoms with Gasteiger partial charge in [0.1, 0.15) is 0 Å². The molecule has 0 aromatic rings. The maximum atomic E-state index is 11.4. The zero-order valence-electron chi connectivity index (χ0n) is 8.26. The van der Waals surface area contributed by atoms with Crippen LogP contribution in [0.1, 0.15) is 27.2 Å². The highest BCUT2D eigenvalue weighted by molar-refractivity contribution is 6.17. The third-order valence-corrected chi connectivity index (χ3v) is 2.56. The van der Waals surface area contributed by atoms with Crippen molar-refractivity contribution in [2.75, 3.05) is 0 Å². The number of hydrogen-bond donors (Lipinski definition) is 0. The molecule has 0 aliphatic heterocycles. The highest BCUT2D eigenvalue weighted by Crippen LogP contribution is 2.31. The summed E-state index contributed by atoms with van der Waals surface area (Å²) >= 11 is 0. The van der Waals surface area contributed by atoms with E-state index in [2.05, 4.69) is 0 Å². The predicted molar refractivity (Wildman–Crippen MR) is 51.3 cm³/mol. The van der Waals surface area contributed by atoms with Crippen LogP contribution in [0.3, 0.4) is 0 Å². The van der Waals surface area contributed by atoms with E-state index < -0.39 is 0 Å². The van der Waals surface area contributed by atoms with Gasteiger partial charge in [0.2, 0.25) is 0 Å². The minimum atomic E-state index is -0.197. The fourth-order valence-electron chi connectivity index (χ4n) is 1.23. The van der Waals surface area contributed by atoms with Crippen LogP contribution in [0, 0.1) is 5.41 Å². The summed E-state index contributed by atoms with van der Waals surface area (Å²) in [4.78, 5) is 22.5. The van der Waals surface area contributed by atoms with Gasteiger partial charge in [-0.2, -0.15) is 0 Å². The number of hydrogen-bond acceptors (Lipinski definition) is 2. The van der Waals surface area contributed by atoms with Crippen molar-refractivity contribution in [3.05, 3.63) is 23.8 Å². The van der Waals surface area contributed by atoms with Crippen molar-refractivity contribution in [2.24, 2.45) is 5.41 Å². The minimum Gasteiger partial charge on any atom is -0.290 e. The second-order valence-corrected chi connectivity index (χ2v) is 3.90. The van der Waals surface area contributed by atoms with Gasteiger partial charge in [-0.3, -0.25) is 9.59 Å². The van der Waals surface area contributed by atoms with Crippen molar-refractivity contribution >= 4 is 11.6 Å². The van der Waals surface area contributed by atoms with Crippen molar-refractivity contribution in [3.63, 3.8) is 0 Å². The van der Waals surface area contributed by atoms with Gasteiger partial charge in [-0.1, -0.05) is 20.8 Å². The first kappa shape index (κ1) is 9.90. The van der Waals surface area contributed by atoms with Crippen molar-refractivity contribution < 1.29 is 9.59 Å². The van der Waals surface area contributed by atoms with Crippen LogP contribution in [0.5, 0.6) is 0 Å². The van der Waals surface area contributed by atoms with Gasteiger partial charge in [-0.05, 0) is 30.1 Å². The monoisotopic (exact) mass is 178 g/mol. The van der Waals surface area contributed by atoms with Gasteiger partial charge in [0.15, 0.2) is 11.6 Å². The molecular formula is C11H14O2. The zero-order valence-corrected chi connectivity index (χ0v) is 8.26. The van der Waals surface area contributed by atoms with Crippen LogP contribution in [0.2, 0.25) is 0 Å². The summed E-state index contributed by atoms with van der Waals surface area (Å²) in [5, 5.41) is 0. The van der Waals surface area contributed by atoms with Gasteiger partial charge < -0.3 is 0 Å². The van der Waals surface area contributed by atoms with Crippen molar-refractivity contribution in [1.82, 2.24) is 0 Å². The lowest BCUT2D eigenvalue weighted by atomic mass is 9.77. The Hall–Kier alpha value is -1.18. The van der Waals surface area contributed by atoms with E-state index in [1.54, 1.807) is 0 Å². The average Bonchev–Trinajstić information content (AvgIpc) is 2.09. The van der Waals surface area contributed by atoms with Crippen molar-refractivity contribution in [3.8, 4) is 0 Å². The molecule has 0 aromatic heterocycles. The number of rotatable bonds is 2. The predicted octanol–water partition coefficient (Wildman–Crippen LogP) is 2.06. The molecular weight excluding hydrogens is 164 g/mol. The SMILES string of the molecule is CCC(C)(C)C1=CC(=O)C=CC1=O. The molecule has 0 aromatic carbocycles. The lowest BCUT2D eigenvalue weighted by molar-refractivity contribution is -0.115. The molecule has 70 valence electrons. The lowest BCUT2D eigenvalue weighted by Gasteiger charge is -2.25. The number of ketones is 2. The smallest absolute Gasteiger partial charge is 0.182 e. The Labute approximate surface area is 78.3 Å². The summed E-state index contributed by atoms with van der Waals surface area (Å²) in [5.74, 6) is -0.123. The molecule has 0 N–H and O–H groups in total. The summed E-state index contributed by atoms with van der Waals surface area (Å²) < 4.78 is 0. The minimum absolute atomic E-state index is 0.0357. The van der Waals surface area contributed by atoms with Crippen molar-refractivity contribution in [1.29, 1.82) is 0 Å². The summed E-state index contributed by atoms with van der Waals surface area (Å²) in [6.45, 7) is 5.96. The van der Waals surface area contributed by atoms with Crippen molar-refractivity contribution in [2.45, 2.75) is 27.2 Å². The molecule has 0 amide bonds. The number of allylic oxidation sites excluding steroid dienone is 4. The quantitative estimate of drug-likeness (QED) is 0.606. The zero-order chi connectivity index (χ0) is 10.1. The van der Waals surface area contributed by atoms with Gasteiger partial charge >= 0.3 is 0 Å². The van der Waals surface area contributed by atoms with Crippen LogP contribution in [-0.2, 0) is 9.59 Å². The Balaban J connectivity index is 3.04. The molecule has 0 spiro atoms. The Kier molecular flexibility index (Phi) is 2.50. The van der Waals surface area contributed by atoms with E-state index in [1.165, 1.54) is 18.2 Å². The normalized spacial score (nSPS) is 17.6. The van der Waals surface area contributed by atoms with Crippen LogP contribution in [0.15, 0.2) is 23.8 Å². The van der Waals surface area contributed by atoms with E-state index in [9.17, 15) is 9.59 Å². The fraction of sp³-hybridized carbons (Fsp3) is 0.455. The highest BCUT2D eigenvalue weighted by Gasteiger charge is 2.27. The molecule has 0 saturated heterocycles. The van der Waals surface area contributed by atoms with Gasteiger partial charge in [-0.25, -0.2) is 0 Å². The van der Waals surface area contributed by atoms with Gasteiger partial charge in [0, 0.05) is 5.57 Å². The second-order valence-electron chi connectivity index (χ2n) is 3.90. The van der Waals surface area contributed by atoms with Crippen LogP contribution in [-0.4, -0.2) is 11.6 Å². The topological polar surface area (TPSA) is 34.1 Å². The maximum absolute atomic E-state index is 11.4. The largest absolute Gasteiger partial charge is 0.290 e. The molecule has 2 heteroatoms. The van der Waals surface area contributed by atoms with E-state index in [4.69, 9.17) is 0 Å². The summed E-state index contributed by atoms with van der Waals surface area (Å²) in [6, 6.07) is 0.